The molecule has 0 aromatic heterocycles. The van der Waals surface area contributed by atoms with Crippen LogP contribution in [-0.4, -0.2) is 41.6 Å². The molecule has 1 saturated heterocycles. The summed E-state index contributed by atoms with van der Waals surface area (Å²) in [5, 5.41) is 6.98. The minimum atomic E-state index is -0.430. The van der Waals surface area contributed by atoms with Crippen LogP contribution in [0.3, 0.4) is 0 Å². The maximum Gasteiger partial charge on any atom is 0.248 e. The van der Waals surface area contributed by atoms with Gasteiger partial charge in [0.15, 0.2) is 0 Å². The van der Waals surface area contributed by atoms with E-state index in [2.05, 4.69) is 102 Å². The van der Waals surface area contributed by atoms with E-state index in [9.17, 15) is 9.59 Å². The van der Waals surface area contributed by atoms with Crippen LogP contribution >= 0.6 is 0 Å². The molecule has 1 aliphatic heterocycles. The molecule has 2 aliphatic rings. The summed E-state index contributed by atoms with van der Waals surface area (Å²) in [5.41, 5.74) is 8.87. The smallest absolute Gasteiger partial charge is 0.248 e. The highest BCUT2D eigenvalue weighted by molar-refractivity contribution is 6.01. The number of hydrogen-bond donors (Lipinski definition) is 1. The second-order valence-corrected chi connectivity index (χ2v) is 10.6. The quantitative estimate of drug-likeness (QED) is 0.241. The zero-order valence-electron chi connectivity index (χ0n) is 22.9. The number of nitrogens with one attached hydrogen (secondary N) is 1. The first kappa shape index (κ1) is 26.0. The van der Waals surface area contributed by atoms with Crippen molar-refractivity contribution in [3.8, 4) is 33.4 Å². The molecule has 1 aliphatic carbocycles. The molecule has 1 N–H and O–H groups in total. The number of fused-ring (bicyclic) bond motifs is 3. The lowest BCUT2D eigenvalue weighted by molar-refractivity contribution is -0.153. The molecule has 1 fully saturated rings. The van der Waals surface area contributed by atoms with E-state index in [1.165, 1.54) is 0 Å². The molecule has 1 heterocycles. The highest BCUT2D eigenvalue weighted by atomic mass is 16.2. The normalized spacial score (nSPS) is 17.7. The number of rotatable bonds is 9. The molecular weight excluding hydrogens is 494 g/mol. The fourth-order valence-electron chi connectivity index (χ4n) is 6.45. The lowest BCUT2D eigenvalue weighted by atomic mass is 9.86. The van der Waals surface area contributed by atoms with Gasteiger partial charge in [-0.2, -0.15) is 5.01 Å². The molecule has 0 spiro atoms. The Morgan fingerprint density at radius 1 is 0.850 bits per heavy atom. The molecular formula is C35H35N3O2. The Balaban J connectivity index is 1.51. The molecule has 40 heavy (non-hydrogen) atoms. The number of amides is 2. The lowest BCUT2D eigenvalue weighted by Gasteiger charge is -2.38. The van der Waals surface area contributed by atoms with Crippen LogP contribution in [0.5, 0.6) is 0 Å². The minimum Gasteiger partial charge on any atom is -0.342 e. The van der Waals surface area contributed by atoms with Crippen LogP contribution in [0.25, 0.3) is 33.4 Å². The first-order valence-corrected chi connectivity index (χ1v) is 14.4. The second kappa shape index (κ2) is 11.5. The maximum absolute atomic E-state index is 14.8. The predicted octanol–water partition coefficient (Wildman–Crippen LogP) is 6.84. The van der Waals surface area contributed by atoms with Gasteiger partial charge in [-0.25, -0.2) is 0 Å². The molecule has 2 atom stereocenters. The van der Waals surface area contributed by atoms with Gasteiger partial charge in [-0.05, 0) is 63.8 Å². The molecule has 202 valence electrons. The van der Waals surface area contributed by atoms with Gasteiger partial charge in [-0.15, -0.1) is 0 Å². The number of carbonyl (C=O) groups excluding carboxylic acids is 2. The maximum atomic E-state index is 14.8. The van der Waals surface area contributed by atoms with E-state index in [0.717, 1.165) is 83.1 Å². The van der Waals surface area contributed by atoms with Crippen LogP contribution in [-0.2, 0) is 9.59 Å². The fraction of sp³-hybridized carbons (Fsp3) is 0.257. The van der Waals surface area contributed by atoms with Gasteiger partial charge in [0.25, 0.3) is 0 Å². The van der Waals surface area contributed by atoms with Crippen molar-refractivity contribution < 1.29 is 9.59 Å². The molecule has 2 amide bonds. The van der Waals surface area contributed by atoms with Crippen LogP contribution in [0.1, 0.15) is 49.7 Å². The Labute approximate surface area is 236 Å². The van der Waals surface area contributed by atoms with Crippen molar-refractivity contribution in [2.24, 2.45) is 0 Å². The Bertz CT molecular complexity index is 1520. The summed E-state index contributed by atoms with van der Waals surface area (Å²) in [4.78, 5) is 26.2. The summed E-state index contributed by atoms with van der Waals surface area (Å²) in [5.74, 6) is -0.357. The zero-order chi connectivity index (χ0) is 27.5. The van der Waals surface area contributed by atoms with Gasteiger partial charge in [0.2, 0.25) is 12.3 Å². The van der Waals surface area contributed by atoms with Crippen molar-refractivity contribution in [2.75, 3.05) is 13.1 Å². The van der Waals surface area contributed by atoms with E-state index in [4.69, 9.17) is 0 Å². The number of hydrazine groups is 1. The SMILES string of the molecule is CCCCN(C(=O)C1c2ccccc2-c2cccc(-c3ccccc3-c3ccccc3)c21)N1CCCC1NC=O. The largest absolute Gasteiger partial charge is 0.342 e. The molecule has 5 heteroatoms. The van der Waals surface area contributed by atoms with E-state index in [-0.39, 0.29) is 12.1 Å². The van der Waals surface area contributed by atoms with Crippen LogP contribution in [0.2, 0.25) is 0 Å². The van der Waals surface area contributed by atoms with Crippen LogP contribution in [0, 0.1) is 0 Å². The average molecular weight is 530 g/mol. The van der Waals surface area contributed by atoms with Gasteiger partial charge in [-0.3, -0.25) is 14.6 Å². The molecule has 4 aromatic carbocycles. The molecule has 0 saturated carbocycles. The zero-order valence-corrected chi connectivity index (χ0v) is 22.9. The highest BCUT2D eigenvalue weighted by Gasteiger charge is 2.41. The summed E-state index contributed by atoms with van der Waals surface area (Å²) in [7, 11) is 0. The molecule has 5 nitrogen and oxygen atoms in total. The highest BCUT2D eigenvalue weighted by Crippen LogP contribution is 2.50. The summed E-state index contributed by atoms with van der Waals surface area (Å²) < 4.78 is 0. The number of benzene rings is 4. The van der Waals surface area contributed by atoms with E-state index >= 15 is 0 Å². The van der Waals surface area contributed by atoms with Gasteiger partial charge in [0, 0.05) is 13.1 Å². The van der Waals surface area contributed by atoms with Crippen molar-refractivity contribution in [3.63, 3.8) is 0 Å². The number of carbonyl (C=O) groups is 2. The minimum absolute atomic E-state index is 0.0730. The van der Waals surface area contributed by atoms with Crippen LogP contribution < -0.4 is 5.32 Å². The van der Waals surface area contributed by atoms with E-state index in [0.29, 0.717) is 6.54 Å². The number of unbranched alkanes of at least 4 members (excludes halogenated alkanes) is 1. The van der Waals surface area contributed by atoms with Crippen molar-refractivity contribution in [1.82, 2.24) is 15.3 Å². The standard InChI is InChI=1S/C35H35N3O2/c1-2-3-22-38(37-23-12-21-32(37)36-24-39)35(40)34-31-18-10-9-17-28(31)30-20-11-19-29(33(30)34)27-16-8-7-15-26(27)25-13-5-4-6-14-25/h4-11,13-20,24,32,34H,2-3,12,21-23H2,1H3,(H,36,39). The van der Waals surface area contributed by atoms with Crippen molar-refractivity contribution in [3.05, 3.63) is 108 Å². The monoisotopic (exact) mass is 529 g/mol. The third-order valence-corrected chi connectivity index (χ3v) is 8.28. The predicted molar refractivity (Wildman–Crippen MR) is 160 cm³/mol. The number of hydrogen-bond acceptors (Lipinski definition) is 3. The van der Waals surface area contributed by atoms with Crippen molar-refractivity contribution in [1.29, 1.82) is 0 Å². The third-order valence-electron chi connectivity index (χ3n) is 8.28. The van der Waals surface area contributed by atoms with Crippen LogP contribution in [0.15, 0.2) is 97.1 Å². The van der Waals surface area contributed by atoms with Gasteiger partial charge >= 0.3 is 0 Å². The third kappa shape index (κ3) is 4.61. The van der Waals surface area contributed by atoms with Gasteiger partial charge < -0.3 is 5.32 Å². The Kier molecular flexibility index (Phi) is 7.47. The van der Waals surface area contributed by atoms with E-state index in [1.807, 2.05) is 17.1 Å². The molecule has 0 radical (unpaired) electrons. The Hall–Kier alpha value is -4.22. The lowest BCUT2D eigenvalue weighted by Crippen LogP contribution is -2.54. The summed E-state index contributed by atoms with van der Waals surface area (Å²) in [6.07, 6.45) is 4.25. The van der Waals surface area contributed by atoms with Gasteiger partial charge in [0.05, 0.1) is 12.1 Å². The summed E-state index contributed by atoms with van der Waals surface area (Å²) >= 11 is 0. The Morgan fingerprint density at radius 2 is 1.50 bits per heavy atom. The average Bonchev–Trinajstić information content (AvgIpc) is 3.60. The molecule has 4 aromatic rings. The van der Waals surface area contributed by atoms with Crippen molar-refractivity contribution in [2.45, 2.75) is 44.7 Å². The van der Waals surface area contributed by atoms with Crippen LogP contribution in [0.4, 0.5) is 0 Å². The second-order valence-electron chi connectivity index (χ2n) is 10.6. The first-order chi connectivity index (χ1) is 19.7. The van der Waals surface area contributed by atoms with Crippen molar-refractivity contribution >= 4 is 12.3 Å². The fourth-order valence-corrected chi connectivity index (χ4v) is 6.45. The molecule has 2 unspecified atom stereocenters. The Morgan fingerprint density at radius 3 is 2.25 bits per heavy atom. The first-order valence-electron chi connectivity index (χ1n) is 14.4. The van der Waals surface area contributed by atoms with Gasteiger partial charge in [-0.1, -0.05) is 110 Å². The summed E-state index contributed by atoms with van der Waals surface area (Å²) in [6.45, 7) is 3.52. The molecule has 0 bridgehead atoms. The van der Waals surface area contributed by atoms with E-state index in [1.54, 1.807) is 0 Å². The van der Waals surface area contributed by atoms with Gasteiger partial charge in [0.1, 0.15) is 0 Å². The molecule has 6 rings (SSSR count). The topological polar surface area (TPSA) is 52.7 Å². The summed E-state index contributed by atoms with van der Waals surface area (Å²) in [6, 6.07) is 33.7. The van der Waals surface area contributed by atoms with E-state index < -0.39 is 5.92 Å². The number of nitrogens with zero attached hydrogens (tertiary/aromatic N) is 2.